The van der Waals surface area contributed by atoms with Gasteiger partial charge in [0.25, 0.3) is 0 Å². The third-order valence-electron chi connectivity index (χ3n) is 2.42. The lowest BCUT2D eigenvalue weighted by Crippen LogP contribution is -2.02. The Labute approximate surface area is 79.5 Å². The first-order valence-corrected chi connectivity index (χ1v) is 5.13. The first kappa shape index (κ1) is 8.82. The maximum atomic E-state index is 5.54. The van der Waals surface area contributed by atoms with E-state index in [4.69, 9.17) is 4.74 Å². The summed E-state index contributed by atoms with van der Waals surface area (Å²) < 4.78 is 7.74. The second-order valence-electron chi connectivity index (χ2n) is 3.79. The summed E-state index contributed by atoms with van der Waals surface area (Å²) in [6.45, 7) is 2.98. The molecule has 1 fully saturated rings. The Morgan fingerprint density at radius 3 is 2.69 bits per heavy atom. The summed E-state index contributed by atoms with van der Waals surface area (Å²) in [4.78, 5) is 0. The maximum absolute atomic E-state index is 5.54. The zero-order valence-electron chi connectivity index (χ0n) is 7.98. The highest BCUT2D eigenvalue weighted by atomic mass is 16.5. The molecule has 1 aromatic rings. The van der Waals surface area contributed by atoms with Gasteiger partial charge in [0.1, 0.15) is 0 Å². The molecule has 0 bridgehead atoms. The van der Waals surface area contributed by atoms with Crippen LogP contribution in [0.4, 0.5) is 0 Å². The van der Waals surface area contributed by atoms with Crippen LogP contribution in [0.25, 0.3) is 0 Å². The summed E-state index contributed by atoms with van der Waals surface area (Å²) in [6, 6.07) is 4.12. The molecule has 13 heavy (non-hydrogen) atoms. The van der Waals surface area contributed by atoms with Gasteiger partial charge in [-0.15, -0.1) is 0 Å². The van der Waals surface area contributed by atoms with Crippen molar-refractivity contribution in [3.63, 3.8) is 0 Å². The van der Waals surface area contributed by atoms with E-state index in [0.717, 1.165) is 32.1 Å². The summed E-state index contributed by atoms with van der Waals surface area (Å²) in [5.74, 6) is 0.895. The van der Waals surface area contributed by atoms with Crippen molar-refractivity contribution in [2.45, 2.75) is 25.8 Å². The van der Waals surface area contributed by atoms with Gasteiger partial charge in [-0.3, -0.25) is 0 Å². The van der Waals surface area contributed by atoms with Crippen molar-refractivity contribution in [1.82, 2.24) is 4.57 Å². The largest absolute Gasteiger partial charge is 0.381 e. The van der Waals surface area contributed by atoms with Crippen LogP contribution < -0.4 is 0 Å². The summed E-state index contributed by atoms with van der Waals surface area (Å²) in [6.07, 6.45) is 8.10. The number of aromatic nitrogens is 1. The Balaban J connectivity index is 1.48. The van der Waals surface area contributed by atoms with Crippen LogP contribution in [0, 0.1) is 5.92 Å². The zero-order valence-corrected chi connectivity index (χ0v) is 7.98. The van der Waals surface area contributed by atoms with Gasteiger partial charge in [0.05, 0.1) is 0 Å². The number of nitrogens with zero attached hydrogens (tertiary/aromatic N) is 1. The van der Waals surface area contributed by atoms with E-state index in [1.165, 1.54) is 12.8 Å². The molecule has 72 valence electrons. The zero-order chi connectivity index (χ0) is 8.93. The Hall–Kier alpha value is -0.760. The molecule has 0 aromatic carbocycles. The second-order valence-corrected chi connectivity index (χ2v) is 3.79. The minimum absolute atomic E-state index is 0.895. The van der Waals surface area contributed by atoms with Crippen LogP contribution in [0.3, 0.4) is 0 Å². The van der Waals surface area contributed by atoms with Crippen LogP contribution in [0.5, 0.6) is 0 Å². The summed E-state index contributed by atoms with van der Waals surface area (Å²) in [5, 5.41) is 0. The van der Waals surface area contributed by atoms with E-state index in [1.807, 2.05) is 0 Å². The molecule has 0 aliphatic heterocycles. The molecule has 0 N–H and O–H groups in total. The van der Waals surface area contributed by atoms with Crippen LogP contribution in [-0.2, 0) is 11.3 Å². The Morgan fingerprint density at radius 1 is 1.23 bits per heavy atom. The molecule has 1 heterocycles. The molecule has 0 unspecified atom stereocenters. The third kappa shape index (κ3) is 3.23. The Kier molecular flexibility index (Phi) is 3.03. The van der Waals surface area contributed by atoms with Gasteiger partial charge in [0.15, 0.2) is 0 Å². The topological polar surface area (TPSA) is 14.2 Å². The first-order chi connectivity index (χ1) is 6.45. The van der Waals surface area contributed by atoms with Crippen molar-refractivity contribution in [2.75, 3.05) is 13.2 Å². The van der Waals surface area contributed by atoms with E-state index in [0.29, 0.717) is 0 Å². The van der Waals surface area contributed by atoms with Crippen LogP contribution in [0.15, 0.2) is 24.5 Å². The van der Waals surface area contributed by atoms with Gasteiger partial charge < -0.3 is 9.30 Å². The predicted octanol–water partition coefficient (Wildman–Crippen LogP) is 2.30. The maximum Gasteiger partial charge on any atom is 0.0494 e. The molecule has 1 saturated carbocycles. The van der Waals surface area contributed by atoms with Gasteiger partial charge in [-0.25, -0.2) is 0 Å². The summed E-state index contributed by atoms with van der Waals surface area (Å²) in [7, 11) is 0. The lowest BCUT2D eigenvalue weighted by Gasteiger charge is -2.03. The fraction of sp³-hybridized carbons (Fsp3) is 0.636. The fourth-order valence-electron chi connectivity index (χ4n) is 1.40. The normalized spacial score (nSPS) is 16.3. The molecule has 2 nitrogen and oxygen atoms in total. The molecular weight excluding hydrogens is 162 g/mol. The van der Waals surface area contributed by atoms with E-state index in [-0.39, 0.29) is 0 Å². The number of aryl methyl sites for hydroxylation is 1. The van der Waals surface area contributed by atoms with Crippen LogP contribution in [0.1, 0.15) is 19.3 Å². The molecule has 0 atom stereocenters. The van der Waals surface area contributed by atoms with Crippen molar-refractivity contribution in [3.05, 3.63) is 24.5 Å². The summed E-state index contributed by atoms with van der Waals surface area (Å²) in [5.41, 5.74) is 0. The van der Waals surface area contributed by atoms with E-state index in [2.05, 4.69) is 29.1 Å². The minimum atomic E-state index is 0.895. The van der Waals surface area contributed by atoms with Crippen LogP contribution in [-0.4, -0.2) is 17.8 Å². The molecule has 2 rings (SSSR count). The van der Waals surface area contributed by atoms with E-state index in [9.17, 15) is 0 Å². The SMILES string of the molecule is c1ccn(CCCOCC2CC2)c1. The number of ether oxygens (including phenoxy) is 1. The van der Waals surface area contributed by atoms with Gasteiger partial charge in [0.2, 0.25) is 0 Å². The van der Waals surface area contributed by atoms with Crippen molar-refractivity contribution in [1.29, 1.82) is 0 Å². The van der Waals surface area contributed by atoms with Gasteiger partial charge >= 0.3 is 0 Å². The average molecular weight is 179 g/mol. The molecular formula is C11H17NO. The van der Waals surface area contributed by atoms with Gasteiger partial charge in [-0.2, -0.15) is 0 Å². The lowest BCUT2D eigenvalue weighted by atomic mass is 10.4. The molecule has 1 aliphatic carbocycles. The van der Waals surface area contributed by atoms with E-state index >= 15 is 0 Å². The lowest BCUT2D eigenvalue weighted by molar-refractivity contribution is 0.119. The van der Waals surface area contributed by atoms with Crippen molar-refractivity contribution in [2.24, 2.45) is 5.92 Å². The number of rotatable bonds is 6. The van der Waals surface area contributed by atoms with E-state index in [1.54, 1.807) is 0 Å². The first-order valence-electron chi connectivity index (χ1n) is 5.13. The third-order valence-corrected chi connectivity index (χ3v) is 2.42. The number of hydrogen-bond donors (Lipinski definition) is 0. The van der Waals surface area contributed by atoms with Crippen LogP contribution in [0.2, 0.25) is 0 Å². The van der Waals surface area contributed by atoms with Crippen molar-refractivity contribution in [3.8, 4) is 0 Å². The Bertz CT molecular complexity index is 226. The fourth-order valence-corrected chi connectivity index (χ4v) is 1.40. The van der Waals surface area contributed by atoms with Gasteiger partial charge in [-0.1, -0.05) is 0 Å². The quantitative estimate of drug-likeness (QED) is 0.611. The number of hydrogen-bond acceptors (Lipinski definition) is 1. The summed E-state index contributed by atoms with van der Waals surface area (Å²) >= 11 is 0. The molecule has 0 radical (unpaired) electrons. The van der Waals surface area contributed by atoms with E-state index < -0.39 is 0 Å². The second kappa shape index (κ2) is 4.47. The molecule has 0 saturated heterocycles. The van der Waals surface area contributed by atoms with Gasteiger partial charge in [0, 0.05) is 32.2 Å². The molecule has 2 heteroatoms. The highest BCUT2D eigenvalue weighted by Crippen LogP contribution is 2.28. The molecule has 1 aromatic heterocycles. The highest BCUT2D eigenvalue weighted by Gasteiger charge is 2.20. The minimum Gasteiger partial charge on any atom is -0.381 e. The van der Waals surface area contributed by atoms with Crippen molar-refractivity contribution >= 4 is 0 Å². The predicted molar refractivity (Wildman–Crippen MR) is 52.6 cm³/mol. The standard InChI is InChI=1S/C11H17NO/c1-2-7-12(6-1)8-3-9-13-10-11-4-5-11/h1-2,6-7,11H,3-5,8-10H2. The molecule has 0 spiro atoms. The highest BCUT2D eigenvalue weighted by molar-refractivity contribution is 4.89. The smallest absolute Gasteiger partial charge is 0.0494 e. The van der Waals surface area contributed by atoms with Crippen LogP contribution >= 0.6 is 0 Å². The monoisotopic (exact) mass is 179 g/mol. The van der Waals surface area contributed by atoms with Crippen molar-refractivity contribution < 1.29 is 4.74 Å². The average Bonchev–Trinajstić information content (AvgIpc) is 2.81. The Morgan fingerprint density at radius 2 is 2.00 bits per heavy atom. The van der Waals surface area contributed by atoms with Gasteiger partial charge in [-0.05, 0) is 37.3 Å². The molecule has 0 amide bonds. The molecule has 1 aliphatic rings.